The molecule has 1 N–H and O–H groups in total. The van der Waals surface area contributed by atoms with E-state index >= 15 is 0 Å². The van der Waals surface area contributed by atoms with Crippen LogP contribution in [0.3, 0.4) is 0 Å². The maximum absolute atomic E-state index is 4.93. The van der Waals surface area contributed by atoms with E-state index in [0.29, 0.717) is 6.04 Å². The van der Waals surface area contributed by atoms with Crippen LogP contribution in [0.5, 0.6) is 0 Å². The first-order valence-electron chi connectivity index (χ1n) is 8.58. The zero-order valence-corrected chi connectivity index (χ0v) is 13.9. The highest BCUT2D eigenvalue weighted by Gasteiger charge is 2.22. The first kappa shape index (κ1) is 15.3. The van der Waals surface area contributed by atoms with Crippen LogP contribution >= 0.6 is 0 Å². The van der Waals surface area contributed by atoms with Gasteiger partial charge in [-0.3, -0.25) is 4.99 Å². The van der Waals surface area contributed by atoms with Crippen molar-refractivity contribution >= 4 is 5.96 Å². The number of aliphatic imine (C=N–C) groups is 1. The predicted octanol–water partition coefficient (Wildman–Crippen LogP) is 2.10. The van der Waals surface area contributed by atoms with E-state index in [4.69, 9.17) is 4.99 Å². The van der Waals surface area contributed by atoms with Gasteiger partial charge in [0.25, 0.3) is 0 Å². The lowest BCUT2D eigenvalue weighted by Gasteiger charge is -2.32. The van der Waals surface area contributed by atoms with Crippen LogP contribution in [0.15, 0.2) is 29.3 Å². The fraction of sp³-hybridized carbons (Fsp3) is 0.611. The molecule has 4 heteroatoms. The molecule has 1 saturated heterocycles. The average Bonchev–Trinajstić information content (AvgIpc) is 2.96. The van der Waals surface area contributed by atoms with E-state index in [9.17, 15) is 0 Å². The van der Waals surface area contributed by atoms with E-state index in [1.165, 1.54) is 30.5 Å². The second kappa shape index (κ2) is 7.14. The van der Waals surface area contributed by atoms with Gasteiger partial charge in [0, 0.05) is 25.7 Å². The summed E-state index contributed by atoms with van der Waals surface area (Å²) in [5, 5.41) is 3.48. The Morgan fingerprint density at radius 2 is 2.09 bits per heavy atom. The zero-order valence-electron chi connectivity index (χ0n) is 13.9. The molecule has 3 rings (SSSR count). The van der Waals surface area contributed by atoms with Gasteiger partial charge in [0.1, 0.15) is 0 Å². The van der Waals surface area contributed by atoms with Crippen molar-refractivity contribution in [2.24, 2.45) is 4.99 Å². The first-order valence-corrected chi connectivity index (χ1v) is 8.58. The maximum atomic E-state index is 4.93. The Hall–Kier alpha value is -1.55. The number of nitrogens with zero attached hydrogens (tertiary/aromatic N) is 3. The molecule has 0 radical (unpaired) electrons. The SMILES string of the molecule is CCNC(=NCC1CCCN1C)N1CCc2ccccc2C1. The Labute approximate surface area is 134 Å². The topological polar surface area (TPSA) is 30.9 Å². The van der Waals surface area contributed by atoms with Crippen molar-refractivity contribution in [3.05, 3.63) is 35.4 Å². The van der Waals surface area contributed by atoms with E-state index in [0.717, 1.165) is 38.6 Å². The quantitative estimate of drug-likeness (QED) is 0.685. The first-order chi connectivity index (χ1) is 10.8. The summed E-state index contributed by atoms with van der Waals surface area (Å²) in [6.45, 7) is 7.24. The highest BCUT2D eigenvalue weighted by Crippen LogP contribution is 2.19. The van der Waals surface area contributed by atoms with E-state index in [1.54, 1.807) is 0 Å². The Balaban J connectivity index is 1.68. The summed E-state index contributed by atoms with van der Waals surface area (Å²) in [4.78, 5) is 9.78. The molecule has 0 spiro atoms. The largest absolute Gasteiger partial charge is 0.357 e. The molecule has 1 aromatic carbocycles. The van der Waals surface area contributed by atoms with Crippen molar-refractivity contribution in [3.8, 4) is 0 Å². The van der Waals surface area contributed by atoms with Crippen LogP contribution in [0.1, 0.15) is 30.9 Å². The molecule has 22 heavy (non-hydrogen) atoms. The summed E-state index contributed by atoms with van der Waals surface area (Å²) in [6, 6.07) is 9.40. The van der Waals surface area contributed by atoms with Crippen LogP contribution in [-0.4, -0.2) is 55.0 Å². The maximum Gasteiger partial charge on any atom is 0.194 e. The number of fused-ring (bicyclic) bond motifs is 1. The van der Waals surface area contributed by atoms with Crippen molar-refractivity contribution < 1.29 is 0 Å². The van der Waals surface area contributed by atoms with Gasteiger partial charge >= 0.3 is 0 Å². The lowest BCUT2D eigenvalue weighted by atomic mass is 10.0. The number of hydrogen-bond acceptors (Lipinski definition) is 2. The standard InChI is InChI=1S/C18H28N4/c1-3-19-18(20-13-17-9-6-11-21(17)2)22-12-10-15-7-4-5-8-16(15)14-22/h4-5,7-8,17H,3,6,9-14H2,1-2H3,(H,19,20). The van der Waals surface area contributed by atoms with Crippen LogP contribution in [0, 0.1) is 0 Å². The van der Waals surface area contributed by atoms with Crippen LogP contribution in [0.25, 0.3) is 0 Å². The molecule has 2 aliphatic rings. The third-order valence-corrected chi connectivity index (χ3v) is 4.89. The summed E-state index contributed by atoms with van der Waals surface area (Å²) in [7, 11) is 2.22. The molecule has 0 aliphatic carbocycles. The van der Waals surface area contributed by atoms with Crippen molar-refractivity contribution in [3.63, 3.8) is 0 Å². The normalized spacial score (nSPS) is 22.7. The summed E-state index contributed by atoms with van der Waals surface area (Å²) in [5.41, 5.74) is 2.93. The Morgan fingerprint density at radius 1 is 1.27 bits per heavy atom. The molecule has 0 amide bonds. The third-order valence-electron chi connectivity index (χ3n) is 4.89. The monoisotopic (exact) mass is 300 g/mol. The molecular formula is C18H28N4. The predicted molar refractivity (Wildman–Crippen MR) is 92.2 cm³/mol. The minimum Gasteiger partial charge on any atom is -0.357 e. The number of hydrogen-bond donors (Lipinski definition) is 1. The van der Waals surface area contributed by atoms with Crippen molar-refractivity contribution in [2.75, 3.05) is 33.2 Å². The molecule has 1 fully saturated rings. The Kier molecular flexibility index (Phi) is 4.98. The Bertz CT molecular complexity index is 526. The van der Waals surface area contributed by atoms with Crippen LogP contribution < -0.4 is 5.32 Å². The van der Waals surface area contributed by atoms with E-state index < -0.39 is 0 Å². The molecule has 0 saturated carbocycles. The fourth-order valence-corrected chi connectivity index (χ4v) is 3.50. The highest BCUT2D eigenvalue weighted by atomic mass is 15.3. The van der Waals surface area contributed by atoms with Crippen molar-refractivity contribution in [1.82, 2.24) is 15.1 Å². The fourth-order valence-electron chi connectivity index (χ4n) is 3.50. The number of nitrogens with one attached hydrogen (secondary N) is 1. The van der Waals surface area contributed by atoms with E-state index in [1.807, 2.05) is 0 Å². The molecule has 2 aliphatic heterocycles. The van der Waals surface area contributed by atoms with Crippen molar-refractivity contribution in [1.29, 1.82) is 0 Å². The summed E-state index contributed by atoms with van der Waals surface area (Å²) in [5.74, 6) is 1.08. The molecule has 4 nitrogen and oxygen atoms in total. The summed E-state index contributed by atoms with van der Waals surface area (Å²) in [6.07, 6.45) is 3.70. The third kappa shape index (κ3) is 3.43. The van der Waals surface area contributed by atoms with Gasteiger partial charge in [0.05, 0.1) is 6.54 Å². The van der Waals surface area contributed by atoms with Crippen LogP contribution in [0.2, 0.25) is 0 Å². The molecular weight excluding hydrogens is 272 g/mol. The summed E-state index contributed by atoms with van der Waals surface area (Å²) >= 11 is 0. The number of rotatable bonds is 3. The summed E-state index contributed by atoms with van der Waals surface area (Å²) < 4.78 is 0. The highest BCUT2D eigenvalue weighted by molar-refractivity contribution is 5.80. The van der Waals surface area contributed by atoms with Gasteiger partial charge in [0.2, 0.25) is 0 Å². The molecule has 1 aromatic rings. The van der Waals surface area contributed by atoms with Gasteiger partial charge in [-0.25, -0.2) is 0 Å². The Morgan fingerprint density at radius 3 is 2.82 bits per heavy atom. The smallest absolute Gasteiger partial charge is 0.194 e. The van der Waals surface area contributed by atoms with Gasteiger partial charge in [-0.2, -0.15) is 0 Å². The molecule has 0 bridgehead atoms. The second-order valence-electron chi connectivity index (χ2n) is 6.41. The van der Waals surface area contributed by atoms with Crippen LogP contribution in [-0.2, 0) is 13.0 Å². The average molecular weight is 300 g/mol. The van der Waals surface area contributed by atoms with E-state index in [-0.39, 0.29) is 0 Å². The van der Waals surface area contributed by atoms with E-state index in [2.05, 4.69) is 53.4 Å². The van der Waals surface area contributed by atoms with Crippen molar-refractivity contribution in [2.45, 2.75) is 38.8 Å². The second-order valence-corrected chi connectivity index (χ2v) is 6.41. The van der Waals surface area contributed by atoms with Gasteiger partial charge in [-0.05, 0) is 50.9 Å². The lowest BCUT2D eigenvalue weighted by molar-refractivity contribution is 0.314. The molecule has 1 atom stereocenters. The number of benzene rings is 1. The zero-order chi connectivity index (χ0) is 15.4. The molecule has 2 heterocycles. The lowest BCUT2D eigenvalue weighted by Crippen LogP contribution is -2.44. The van der Waals surface area contributed by atoms with Gasteiger partial charge in [-0.15, -0.1) is 0 Å². The molecule has 0 aromatic heterocycles. The number of likely N-dealkylation sites (tertiary alicyclic amines) is 1. The number of guanidine groups is 1. The van der Waals surface area contributed by atoms with Gasteiger partial charge in [0.15, 0.2) is 5.96 Å². The van der Waals surface area contributed by atoms with Gasteiger partial charge in [-0.1, -0.05) is 24.3 Å². The molecule has 1 unspecified atom stereocenters. The number of likely N-dealkylation sites (N-methyl/N-ethyl adjacent to an activating group) is 1. The minimum absolute atomic E-state index is 0.616. The minimum atomic E-state index is 0.616. The van der Waals surface area contributed by atoms with Crippen LogP contribution in [0.4, 0.5) is 0 Å². The molecule has 120 valence electrons. The van der Waals surface area contributed by atoms with Gasteiger partial charge < -0.3 is 15.1 Å².